The molecule has 0 aromatic heterocycles. The summed E-state index contributed by atoms with van der Waals surface area (Å²) in [5, 5.41) is 9.06. The van der Waals surface area contributed by atoms with E-state index >= 15 is 0 Å². The summed E-state index contributed by atoms with van der Waals surface area (Å²) in [6.07, 6.45) is 6.70. The van der Waals surface area contributed by atoms with Gasteiger partial charge in [0.25, 0.3) is 0 Å². The van der Waals surface area contributed by atoms with Gasteiger partial charge in [-0.2, -0.15) is 0 Å². The first kappa shape index (κ1) is 7.26. The molecule has 0 aromatic rings. The molecular weight excluding hydrogens is 100 g/mol. The highest BCUT2D eigenvalue weighted by Crippen LogP contribution is 2.07. The van der Waals surface area contributed by atoms with Crippen LogP contribution in [0.2, 0.25) is 0 Å². The second-order valence-electron chi connectivity index (χ2n) is 1.94. The van der Waals surface area contributed by atoms with E-state index in [9.17, 15) is 0 Å². The van der Waals surface area contributed by atoms with Crippen LogP contribution >= 0.6 is 0 Å². The summed E-state index contributed by atoms with van der Waals surface area (Å²) in [4.78, 5) is 0. The van der Waals surface area contributed by atoms with Crippen LogP contribution < -0.4 is 0 Å². The summed E-state index contributed by atoms with van der Waals surface area (Å²) >= 11 is 0. The zero-order valence-electron chi connectivity index (χ0n) is 5.02. The molecule has 0 aromatic carbocycles. The third-order valence-electron chi connectivity index (χ3n) is 0.900. The second-order valence-corrected chi connectivity index (χ2v) is 1.94. The molecule has 0 aliphatic heterocycles. The average Bonchev–Trinajstić information content (AvgIpc) is 1.67. The Morgan fingerprint density at radius 1 is 2.00 bits per heavy atom. The van der Waals surface area contributed by atoms with Gasteiger partial charge in [0.1, 0.15) is 0 Å². The fourth-order valence-corrected chi connectivity index (χ4v) is 0.279. The van der Waals surface area contributed by atoms with Gasteiger partial charge < -0.3 is 5.11 Å². The van der Waals surface area contributed by atoms with Gasteiger partial charge in [-0.05, 0) is 6.92 Å². The highest BCUT2D eigenvalue weighted by Gasteiger charge is 2.11. The average molecular weight is 110 g/mol. The maximum absolute atomic E-state index is 9.06. The van der Waals surface area contributed by atoms with Gasteiger partial charge >= 0.3 is 0 Å². The summed E-state index contributed by atoms with van der Waals surface area (Å²) in [6.45, 7) is 5.03. The zero-order chi connectivity index (χ0) is 6.62. The van der Waals surface area contributed by atoms with Crippen molar-refractivity contribution < 1.29 is 5.11 Å². The van der Waals surface area contributed by atoms with E-state index in [1.165, 1.54) is 6.08 Å². The molecule has 0 aliphatic carbocycles. The Hall–Kier alpha value is -0.740. The van der Waals surface area contributed by atoms with Crippen LogP contribution in [0, 0.1) is 12.3 Å². The quantitative estimate of drug-likeness (QED) is 0.414. The third-order valence-corrected chi connectivity index (χ3v) is 0.900. The molecular formula is C7H10O. The SMILES string of the molecule is C#CCC(C)(O)C=C. The molecule has 0 rings (SSSR count). The predicted octanol–water partition coefficient (Wildman–Crippen LogP) is 0.947. The first-order chi connectivity index (χ1) is 3.62. The predicted molar refractivity (Wildman–Crippen MR) is 34.3 cm³/mol. The molecule has 0 heterocycles. The molecule has 1 atom stereocenters. The van der Waals surface area contributed by atoms with Crippen molar-refractivity contribution in [3.05, 3.63) is 12.7 Å². The standard InChI is InChI=1S/C7H10O/c1-4-6-7(3,8)5-2/h1,5,8H,2,6H2,3H3. The Morgan fingerprint density at radius 2 is 2.50 bits per heavy atom. The Balaban J connectivity index is 3.76. The molecule has 44 valence electrons. The molecule has 0 bridgehead atoms. The van der Waals surface area contributed by atoms with E-state index in [4.69, 9.17) is 11.5 Å². The summed E-state index contributed by atoms with van der Waals surface area (Å²) in [5.74, 6) is 2.34. The van der Waals surface area contributed by atoms with Crippen LogP contribution in [0.5, 0.6) is 0 Å². The number of terminal acetylenes is 1. The minimum atomic E-state index is -0.880. The van der Waals surface area contributed by atoms with Crippen molar-refractivity contribution in [1.82, 2.24) is 0 Å². The Kier molecular flexibility index (Phi) is 2.30. The molecule has 0 amide bonds. The second kappa shape index (κ2) is 2.54. The highest BCUT2D eigenvalue weighted by molar-refractivity contribution is 5.01. The maximum Gasteiger partial charge on any atom is 0.0905 e. The fraction of sp³-hybridized carbons (Fsp3) is 0.429. The molecule has 1 unspecified atom stereocenters. The Morgan fingerprint density at radius 3 is 2.62 bits per heavy atom. The van der Waals surface area contributed by atoms with E-state index in [0.717, 1.165) is 0 Å². The summed E-state index contributed by atoms with van der Waals surface area (Å²) in [7, 11) is 0. The lowest BCUT2D eigenvalue weighted by molar-refractivity contribution is 0.118. The Labute approximate surface area is 50.0 Å². The first-order valence-electron chi connectivity index (χ1n) is 2.42. The van der Waals surface area contributed by atoms with Gasteiger partial charge in [-0.1, -0.05) is 6.08 Å². The molecule has 1 heteroatoms. The van der Waals surface area contributed by atoms with Crippen molar-refractivity contribution in [2.45, 2.75) is 18.9 Å². The van der Waals surface area contributed by atoms with Crippen LogP contribution in [0.4, 0.5) is 0 Å². The first-order valence-corrected chi connectivity index (χ1v) is 2.42. The van der Waals surface area contributed by atoms with Crippen molar-refractivity contribution in [1.29, 1.82) is 0 Å². The molecule has 0 saturated heterocycles. The maximum atomic E-state index is 9.06. The summed E-state index contributed by atoms with van der Waals surface area (Å²) in [6, 6.07) is 0. The fourth-order valence-electron chi connectivity index (χ4n) is 0.279. The Bertz CT molecular complexity index is 117. The van der Waals surface area contributed by atoms with Gasteiger partial charge in [0.15, 0.2) is 0 Å². The van der Waals surface area contributed by atoms with Gasteiger partial charge in [-0.25, -0.2) is 0 Å². The molecule has 0 fully saturated rings. The van der Waals surface area contributed by atoms with Crippen LogP contribution in [-0.2, 0) is 0 Å². The van der Waals surface area contributed by atoms with Gasteiger partial charge in [0.05, 0.1) is 5.60 Å². The lowest BCUT2D eigenvalue weighted by Gasteiger charge is -2.12. The zero-order valence-corrected chi connectivity index (χ0v) is 5.02. The normalized spacial score (nSPS) is 16.1. The van der Waals surface area contributed by atoms with Crippen molar-refractivity contribution in [3.8, 4) is 12.3 Å². The topological polar surface area (TPSA) is 20.2 Å². The number of rotatable bonds is 2. The third kappa shape index (κ3) is 2.44. The van der Waals surface area contributed by atoms with Crippen molar-refractivity contribution in [2.75, 3.05) is 0 Å². The van der Waals surface area contributed by atoms with Crippen molar-refractivity contribution >= 4 is 0 Å². The number of hydrogen-bond donors (Lipinski definition) is 1. The van der Waals surface area contributed by atoms with E-state index in [1.54, 1.807) is 6.92 Å². The summed E-state index contributed by atoms with van der Waals surface area (Å²) < 4.78 is 0. The molecule has 0 saturated carbocycles. The van der Waals surface area contributed by atoms with Crippen LogP contribution in [0.1, 0.15) is 13.3 Å². The van der Waals surface area contributed by atoms with E-state index < -0.39 is 5.60 Å². The molecule has 0 spiro atoms. The minimum absolute atomic E-state index is 0.330. The van der Waals surface area contributed by atoms with E-state index in [2.05, 4.69) is 12.5 Å². The largest absolute Gasteiger partial charge is 0.385 e. The monoisotopic (exact) mass is 110 g/mol. The molecule has 8 heavy (non-hydrogen) atoms. The smallest absolute Gasteiger partial charge is 0.0905 e. The highest BCUT2D eigenvalue weighted by atomic mass is 16.3. The van der Waals surface area contributed by atoms with Crippen molar-refractivity contribution in [3.63, 3.8) is 0 Å². The summed E-state index contributed by atoms with van der Waals surface area (Å²) in [5.41, 5.74) is -0.880. The van der Waals surface area contributed by atoms with Gasteiger partial charge in [-0.3, -0.25) is 0 Å². The van der Waals surface area contributed by atoms with Crippen molar-refractivity contribution in [2.24, 2.45) is 0 Å². The molecule has 0 aliphatic rings. The van der Waals surface area contributed by atoms with Gasteiger partial charge in [-0.15, -0.1) is 18.9 Å². The van der Waals surface area contributed by atoms with Gasteiger partial charge in [0, 0.05) is 6.42 Å². The molecule has 1 N–H and O–H groups in total. The van der Waals surface area contributed by atoms with Gasteiger partial charge in [0.2, 0.25) is 0 Å². The van der Waals surface area contributed by atoms with Crippen LogP contribution in [0.15, 0.2) is 12.7 Å². The van der Waals surface area contributed by atoms with E-state index in [0.29, 0.717) is 6.42 Å². The number of hydrogen-bond acceptors (Lipinski definition) is 1. The molecule has 0 radical (unpaired) electrons. The van der Waals surface area contributed by atoms with Crippen LogP contribution in [0.25, 0.3) is 0 Å². The number of aliphatic hydroxyl groups is 1. The minimum Gasteiger partial charge on any atom is -0.385 e. The van der Waals surface area contributed by atoms with Crippen LogP contribution in [-0.4, -0.2) is 10.7 Å². The lowest BCUT2D eigenvalue weighted by atomic mass is 10.0. The van der Waals surface area contributed by atoms with E-state index in [1.807, 2.05) is 0 Å². The molecule has 1 nitrogen and oxygen atoms in total. The van der Waals surface area contributed by atoms with Crippen LogP contribution in [0.3, 0.4) is 0 Å². The van der Waals surface area contributed by atoms with E-state index in [-0.39, 0.29) is 0 Å². The lowest BCUT2D eigenvalue weighted by Crippen LogP contribution is -2.18.